The smallest absolute Gasteiger partial charge is 0.407 e. The van der Waals surface area contributed by atoms with Gasteiger partial charge in [0.05, 0.1) is 39.1 Å². The Morgan fingerprint density at radius 3 is 1.56 bits per heavy atom. The number of hydrogen-bond donors (Lipinski definition) is 1. The average molecular weight is 976 g/mol. The third-order valence-corrected chi connectivity index (χ3v) is 13.8. The molecular weight excluding hydrogens is 873 g/mol. The van der Waals surface area contributed by atoms with Crippen LogP contribution in [0.5, 0.6) is 0 Å². The maximum atomic E-state index is 12.5. The Morgan fingerprint density at radius 1 is 0.561 bits per heavy atom. The van der Waals surface area contributed by atoms with Crippen LogP contribution in [0.3, 0.4) is 0 Å². The lowest BCUT2D eigenvalue weighted by molar-refractivity contribution is -0.145. The molecule has 1 amide bonds. The van der Waals surface area contributed by atoms with Crippen molar-refractivity contribution in [3.63, 3.8) is 0 Å². The molecule has 0 aliphatic heterocycles. The van der Waals surface area contributed by atoms with E-state index in [1.54, 1.807) is 21.6 Å². The van der Waals surface area contributed by atoms with Crippen LogP contribution in [0, 0.1) is 11.8 Å². The van der Waals surface area contributed by atoms with Crippen molar-refractivity contribution < 1.29 is 44.2 Å². The molecule has 0 bridgehead atoms. The van der Waals surface area contributed by atoms with Crippen molar-refractivity contribution in [3.05, 3.63) is 23.3 Å². The van der Waals surface area contributed by atoms with Crippen molar-refractivity contribution in [2.45, 2.75) is 196 Å². The van der Waals surface area contributed by atoms with Crippen LogP contribution in [0.4, 0.5) is 4.79 Å². The van der Waals surface area contributed by atoms with Gasteiger partial charge in [0.2, 0.25) is 0 Å². The minimum Gasteiger partial charge on any atom is -0.466 e. The van der Waals surface area contributed by atoms with E-state index in [4.69, 9.17) is 28.4 Å². The second-order valence-corrected chi connectivity index (χ2v) is 21.1. The highest BCUT2D eigenvalue weighted by molar-refractivity contribution is 8.76. The molecule has 3 unspecified atom stereocenters. The van der Waals surface area contributed by atoms with E-state index in [2.05, 4.69) is 77.8 Å². The first-order chi connectivity index (χ1) is 32.0. The fraction of sp³-hybridized carbons (Fsp3) is 0.868. The zero-order chi connectivity index (χ0) is 48.7. The van der Waals surface area contributed by atoms with Gasteiger partial charge in [-0.05, 0) is 117 Å². The normalized spacial score (nSPS) is 12.7. The van der Waals surface area contributed by atoms with Gasteiger partial charge in [-0.15, -0.1) is 0 Å². The van der Waals surface area contributed by atoms with Gasteiger partial charge in [0, 0.05) is 52.1 Å². The molecular formula is C53H102N2O9S2. The van der Waals surface area contributed by atoms with Gasteiger partial charge in [-0.25, -0.2) is 4.79 Å². The number of nitrogens with zero attached hydrogens (tertiary/aromatic N) is 1. The number of rotatable bonds is 48. The molecule has 13 heteroatoms. The van der Waals surface area contributed by atoms with Gasteiger partial charge in [0.1, 0.15) is 6.61 Å². The second-order valence-electron chi connectivity index (χ2n) is 18.4. The number of ether oxygens (including phenoxy) is 6. The highest BCUT2D eigenvalue weighted by Gasteiger charge is 2.13. The number of nitrogens with one attached hydrogen (secondary N) is 1. The Bertz CT molecular complexity index is 1200. The first-order valence-electron chi connectivity index (χ1n) is 26.2. The number of alkyl carbamates (subject to hydrolysis) is 1. The number of likely N-dealkylation sites (N-methyl/N-ethyl adjacent to an activating group) is 1. The molecule has 0 aromatic carbocycles. The van der Waals surface area contributed by atoms with E-state index >= 15 is 0 Å². The molecule has 3 atom stereocenters. The minimum absolute atomic E-state index is 0. The van der Waals surface area contributed by atoms with E-state index in [9.17, 15) is 14.4 Å². The van der Waals surface area contributed by atoms with Gasteiger partial charge in [0.15, 0.2) is 0 Å². The van der Waals surface area contributed by atoms with Crippen LogP contribution < -0.4 is 5.32 Å². The van der Waals surface area contributed by atoms with Crippen LogP contribution >= 0.6 is 21.6 Å². The number of hydrogen-bond acceptors (Lipinski definition) is 12. The van der Waals surface area contributed by atoms with Gasteiger partial charge in [-0.2, -0.15) is 0 Å². The standard InChI is InChI=1S/C53H100N2O9S2.H2/c1-9-55(10-2)34-39-59-40-42-65-66-43-41-64-53(58)54-44-50(61-36-23-19-15-13-17-21-31-52(57)63-38-33-49(8)29-25-27-47(5)6)45-60-35-22-18-14-11-12-16-20-30-51(56)62-37-32-48(7)28-24-26-46(3)4;/h26-27,48-50H,9-25,28-45H2,1-8H3,(H,54,58);1H. The molecule has 0 saturated carbocycles. The predicted octanol–water partition coefficient (Wildman–Crippen LogP) is 13.6. The maximum Gasteiger partial charge on any atom is 0.407 e. The van der Waals surface area contributed by atoms with Crippen molar-refractivity contribution in [2.24, 2.45) is 11.8 Å². The van der Waals surface area contributed by atoms with Crippen LogP contribution in [-0.4, -0.2) is 120 Å². The molecule has 0 fully saturated rings. The molecule has 0 aromatic heterocycles. The fourth-order valence-corrected chi connectivity index (χ4v) is 8.71. The lowest BCUT2D eigenvalue weighted by atomic mass is 10.0. The molecule has 0 heterocycles. The fourth-order valence-electron chi connectivity index (χ4n) is 7.02. The number of unbranched alkanes of at least 4 members (excludes halogenated alkanes) is 11. The summed E-state index contributed by atoms with van der Waals surface area (Å²) in [6, 6.07) is 0. The number of esters is 2. The zero-order valence-electron chi connectivity index (χ0n) is 43.6. The summed E-state index contributed by atoms with van der Waals surface area (Å²) in [7, 11) is 3.43. The Balaban J connectivity index is 0. The Hall–Kier alpha value is -1.77. The molecule has 0 rings (SSSR count). The molecule has 390 valence electrons. The third-order valence-electron chi connectivity index (χ3n) is 11.5. The van der Waals surface area contributed by atoms with Crippen LogP contribution in [0.15, 0.2) is 23.3 Å². The molecule has 0 aliphatic carbocycles. The molecule has 0 aromatic rings. The van der Waals surface area contributed by atoms with Crippen LogP contribution in [-0.2, 0) is 38.0 Å². The summed E-state index contributed by atoms with van der Waals surface area (Å²) >= 11 is 0. The first kappa shape index (κ1) is 64.2. The predicted molar refractivity (Wildman–Crippen MR) is 282 cm³/mol. The lowest BCUT2D eigenvalue weighted by Gasteiger charge is -2.19. The van der Waals surface area contributed by atoms with E-state index in [1.165, 1.54) is 11.1 Å². The largest absolute Gasteiger partial charge is 0.466 e. The van der Waals surface area contributed by atoms with Gasteiger partial charge >= 0.3 is 18.0 Å². The van der Waals surface area contributed by atoms with Gasteiger partial charge in [0.25, 0.3) is 0 Å². The summed E-state index contributed by atoms with van der Waals surface area (Å²) in [6.07, 6.45) is 24.7. The van der Waals surface area contributed by atoms with E-state index in [-0.39, 0.29) is 19.5 Å². The van der Waals surface area contributed by atoms with E-state index in [0.29, 0.717) is 76.6 Å². The zero-order valence-corrected chi connectivity index (χ0v) is 45.2. The van der Waals surface area contributed by atoms with Crippen molar-refractivity contribution in [2.75, 3.05) is 90.5 Å². The van der Waals surface area contributed by atoms with E-state index < -0.39 is 6.09 Å². The van der Waals surface area contributed by atoms with Crippen molar-refractivity contribution in [1.29, 1.82) is 0 Å². The topological polar surface area (TPSA) is 122 Å². The third kappa shape index (κ3) is 47.3. The van der Waals surface area contributed by atoms with E-state index in [0.717, 1.165) is 161 Å². The molecule has 1 N–H and O–H groups in total. The molecule has 0 saturated heterocycles. The minimum atomic E-state index is -0.435. The summed E-state index contributed by atoms with van der Waals surface area (Å²) in [4.78, 5) is 39.1. The highest BCUT2D eigenvalue weighted by atomic mass is 33.1. The number of amides is 1. The SMILES string of the molecule is CCN(CC)CCOCCSSCCOC(=O)NCC(COCCCCCCCCCC(=O)OCCC(C)CCC=C(C)C)OCCCCCCCCC(=O)OCCC(C)CCC=C(C)C.[HH]. The summed E-state index contributed by atoms with van der Waals surface area (Å²) in [5, 5.41) is 2.88. The van der Waals surface area contributed by atoms with Crippen molar-refractivity contribution in [1.82, 2.24) is 10.2 Å². The Kier molecular flexibility index (Phi) is 47.0. The maximum absolute atomic E-state index is 12.5. The molecule has 0 aliphatic rings. The number of carbonyl (C=O) groups is 3. The molecule has 0 radical (unpaired) electrons. The van der Waals surface area contributed by atoms with Crippen LogP contribution in [0.25, 0.3) is 0 Å². The summed E-state index contributed by atoms with van der Waals surface area (Å²) < 4.78 is 34.3. The highest BCUT2D eigenvalue weighted by Crippen LogP contribution is 2.20. The Labute approximate surface area is 414 Å². The number of carbonyl (C=O) groups excluding carboxylic acids is 3. The second kappa shape index (κ2) is 48.3. The quantitative estimate of drug-likeness (QED) is 0.0205. The summed E-state index contributed by atoms with van der Waals surface area (Å²) in [5.41, 5.74) is 2.71. The van der Waals surface area contributed by atoms with Crippen molar-refractivity contribution >= 4 is 39.6 Å². The van der Waals surface area contributed by atoms with E-state index in [1.807, 2.05) is 0 Å². The lowest BCUT2D eigenvalue weighted by Crippen LogP contribution is -2.37. The van der Waals surface area contributed by atoms with Crippen LogP contribution in [0.1, 0.15) is 192 Å². The van der Waals surface area contributed by atoms with Gasteiger partial charge < -0.3 is 38.6 Å². The van der Waals surface area contributed by atoms with Gasteiger partial charge in [-0.1, -0.05) is 130 Å². The number of allylic oxidation sites excluding steroid dienone is 4. The molecule has 11 nitrogen and oxygen atoms in total. The summed E-state index contributed by atoms with van der Waals surface area (Å²) in [6.45, 7) is 25.2. The molecule has 0 spiro atoms. The van der Waals surface area contributed by atoms with Crippen molar-refractivity contribution in [3.8, 4) is 0 Å². The summed E-state index contributed by atoms with van der Waals surface area (Å²) in [5.74, 6) is 2.60. The monoisotopic (exact) mass is 975 g/mol. The Morgan fingerprint density at radius 2 is 1.05 bits per heavy atom. The van der Waals surface area contributed by atoms with Crippen LogP contribution in [0.2, 0.25) is 0 Å². The average Bonchev–Trinajstić information content (AvgIpc) is 3.28. The van der Waals surface area contributed by atoms with Gasteiger partial charge in [-0.3, -0.25) is 9.59 Å². The molecule has 66 heavy (non-hydrogen) atoms. The first-order valence-corrected chi connectivity index (χ1v) is 28.7.